The van der Waals surface area contributed by atoms with Crippen molar-refractivity contribution >= 4 is 24.4 Å². The van der Waals surface area contributed by atoms with Crippen LogP contribution in [-0.4, -0.2) is 98.8 Å². The van der Waals surface area contributed by atoms with Gasteiger partial charge in [0.15, 0.2) is 0 Å². The number of aromatic hydroxyl groups is 1. The lowest BCUT2D eigenvalue weighted by atomic mass is 9.59. The Morgan fingerprint density at radius 2 is 0.796 bits per heavy atom. The van der Waals surface area contributed by atoms with Gasteiger partial charge in [-0.3, -0.25) is 0 Å². The zero-order valence-corrected chi connectivity index (χ0v) is 58.4. The molecule has 0 aliphatic heterocycles. The number of ether oxygens (including phenoxy) is 4. The van der Waals surface area contributed by atoms with Crippen molar-refractivity contribution in [3.8, 4) is 39.5 Å². The van der Waals surface area contributed by atoms with E-state index in [1.165, 1.54) is 133 Å². The largest absolute Gasteiger partial charge is 0.508 e. The van der Waals surface area contributed by atoms with E-state index in [0.717, 1.165) is 70.6 Å². The van der Waals surface area contributed by atoms with Crippen LogP contribution in [0.2, 0.25) is 0 Å². The summed E-state index contributed by atoms with van der Waals surface area (Å²) in [5.74, 6) is 2.81. The Morgan fingerprint density at radius 1 is 0.449 bits per heavy atom. The molecular formula is C84H99N5O9. The molecule has 98 heavy (non-hydrogen) atoms. The summed E-state index contributed by atoms with van der Waals surface area (Å²) in [6.07, 6.45) is 18.7. The number of hydrogen-bond acceptors (Lipinski definition) is 10. The first-order chi connectivity index (χ1) is 47.3. The summed E-state index contributed by atoms with van der Waals surface area (Å²) in [6, 6.07) is 51.6. The van der Waals surface area contributed by atoms with Crippen LogP contribution in [0.1, 0.15) is 185 Å². The first-order valence-corrected chi connectivity index (χ1v) is 36.2. The minimum atomic E-state index is -0.398. The van der Waals surface area contributed by atoms with E-state index >= 15 is 0 Å². The molecule has 5 N–H and O–H groups in total. The highest BCUT2D eigenvalue weighted by molar-refractivity contribution is 5.81. The van der Waals surface area contributed by atoms with Crippen LogP contribution < -0.4 is 25.8 Å². The first-order valence-electron chi connectivity index (χ1n) is 36.2. The van der Waals surface area contributed by atoms with Gasteiger partial charge in [0.25, 0.3) is 0 Å². The maximum atomic E-state index is 13.5. The SMILES string of the molecule is CN(C)C(=O)Oc1ccc2c(c1)[C@@]1(C)CCCCC[C@@H](C2)[C@@H]1N.CN(C)C(=O)Oc1ccc2c(c1)[C@@]1(C)CCCCC[C@@H](C2)[C@@H]1NC(=O)OCC1c2ccccc2-c2ccccc21.C[C@@]12CCCCC[C@@H](Cc3ccc(O)cc31)[C@@H]2NC(=O)OCC1c2ccccc2-c2ccccc21. The highest BCUT2D eigenvalue weighted by Gasteiger charge is 2.50. The van der Waals surface area contributed by atoms with Crippen LogP contribution in [0.25, 0.3) is 22.3 Å². The van der Waals surface area contributed by atoms with Crippen LogP contribution in [0.15, 0.2) is 152 Å². The maximum absolute atomic E-state index is 13.5. The molecule has 0 radical (unpaired) electrons. The van der Waals surface area contributed by atoms with Gasteiger partial charge in [-0.05, 0) is 190 Å². The maximum Gasteiger partial charge on any atom is 0.414 e. The zero-order valence-electron chi connectivity index (χ0n) is 58.4. The van der Waals surface area contributed by atoms with Gasteiger partial charge in [0.1, 0.15) is 30.5 Å². The Kier molecular flexibility index (Phi) is 19.9. The molecule has 0 spiro atoms. The third-order valence-electron chi connectivity index (χ3n) is 23.8. The number of amides is 4. The Morgan fingerprint density at radius 3 is 1.20 bits per heavy atom. The van der Waals surface area contributed by atoms with E-state index in [0.29, 0.717) is 48.2 Å². The fourth-order valence-electron chi connectivity index (χ4n) is 18.6. The van der Waals surface area contributed by atoms with E-state index in [1.807, 2.05) is 24.3 Å². The van der Waals surface area contributed by atoms with Gasteiger partial charge in [0.2, 0.25) is 0 Å². The molecule has 14 heteroatoms. The molecule has 8 aliphatic carbocycles. The highest BCUT2D eigenvalue weighted by Crippen LogP contribution is 2.52. The Balaban J connectivity index is 0.000000137. The summed E-state index contributed by atoms with van der Waals surface area (Å²) < 4.78 is 23.0. The lowest BCUT2D eigenvalue weighted by Gasteiger charge is -2.49. The average molecular weight is 1320 g/mol. The van der Waals surface area contributed by atoms with Crippen molar-refractivity contribution in [3.05, 3.63) is 207 Å². The highest BCUT2D eigenvalue weighted by atomic mass is 16.6. The second-order valence-corrected chi connectivity index (χ2v) is 30.4. The van der Waals surface area contributed by atoms with Gasteiger partial charge in [-0.2, -0.15) is 0 Å². The Labute approximate surface area is 579 Å². The first kappa shape index (κ1) is 67.9. The van der Waals surface area contributed by atoms with Gasteiger partial charge < -0.3 is 50.2 Å². The van der Waals surface area contributed by atoms with Crippen LogP contribution in [0.4, 0.5) is 19.2 Å². The van der Waals surface area contributed by atoms with Gasteiger partial charge in [0.05, 0.1) is 0 Å². The predicted octanol–water partition coefficient (Wildman–Crippen LogP) is 17.2. The molecule has 0 heterocycles. The summed E-state index contributed by atoms with van der Waals surface area (Å²) in [4.78, 5) is 53.7. The second kappa shape index (κ2) is 28.7. The number of phenolic OH excluding ortho intramolecular Hbond substituents is 1. The fourth-order valence-corrected chi connectivity index (χ4v) is 18.6. The number of nitrogens with one attached hydrogen (secondary N) is 2. The van der Waals surface area contributed by atoms with Crippen molar-refractivity contribution in [1.29, 1.82) is 0 Å². The molecule has 6 bridgehead atoms. The molecule has 15 rings (SSSR count). The van der Waals surface area contributed by atoms with Crippen molar-refractivity contribution in [1.82, 2.24) is 20.4 Å². The molecule has 0 saturated heterocycles. The predicted molar refractivity (Wildman–Crippen MR) is 385 cm³/mol. The quantitative estimate of drug-likeness (QED) is 0.114. The topological polar surface area (TPSA) is 182 Å². The van der Waals surface area contributed by atoms with Gasteiger partial charge >= 0.3 is 24.4 Å². The summed E-state index contributed by atoms with van der Waals surface area (Å²) in [7, 11) is 6.74. The van der Waals surface area contributed by atoms with Gasteiger partial charge in [-0.1, -0.05) is 194 Å². The Hall–Kier alpha value is -8.62. The second-order valence-electron chi connectivity index (χ2n) is 30.4. The molecule has 4 amide bonds. The number of hydrogen-bond donors (Lipinski definition) is 4. The molecule has 8 aliphatic rings. The van der Waals surface area contributed by atoms with Crippen LogP contribution in [-0.2, 0) is 45.0 Å². The van der Waals surface area contributed by atoms with Crippen molar-refractivity contribution < 1.29 is 43.2 Å². The number of nitrogens with zero attached hydrogens (tertiary/aromatic N) is 2. The number of carbonyl (C=O) groups is 4. The normalized spacial score (nSPS) is 25.3. The van der Waals surface area contributed by atoms with Crippen LogP contribution >= 0.6 is 0 Å². The van der Waals surface area contributed by atoms with Gasteiger partial charge in [-0.25, -0.2) is 19.2 Å². The molecule has 7 aromatic carbocycles. The molecule has 0 aromatic heterocycles. The Bertz CT molecular complexity index is 4000. The molecule has 7 aromatic rings. The van der Waals surface area contributed by atoms with Crippen molar-refractivity contribution in [3.63, 3.8) is 0 Å². The molecule has 0 unspecified atom stereocenters. The van der Waals surface area contributed by atoms with E-state index in [2.05, 4.69) is 153 Å². The molecule has 3 saturated carbocycles. The number of carbonyl (C=O) groups excluding carboxylic acids is 4. The van der Waals surface area contributed by atoms with Crippen LogP contribution in [0.5, 0.6) is 17.2 Å². The molecular weight excluding hydrogens is 1220 g/mol. The van der Waals surface area contributed by atoms with Gasteiger partial charge in [-0.15, -0.1) is 0 Å². The minimum Gasteiger partial charge on any atom is -0.508 e. The third-order valence-corrected chi connectivity index (χ3v) is 23.8. The lowest BCUT2D eigenvalue weighted by molar-refractivity contribution is 0.112. The number of benzene rings is 7. The van der Waals surface area contributed by atoms with E-state index in [1.54, 1.807) is 34.3 Å². The molecule has 514 valence electrons. The number of rotatable bonds is 8. The number of alkyl carbamates (subject to hydrolysis) is 2. The monoisotopic (exact) mass is 1320 g/mol. The summed E-state index contributed by atoms with van der Waals surface area (Å²) in [5.41, 5.74) is 23.5. The van der Waals surface area contributed by atoms with Crippen molar-refractivity contribution in [2.75, 3.05) is 41.4 Å². The number of nitrogens with two attached hydrogens (primary N) is 1. The molecule has 14 nitrogen and oxygen atoms in total. The zero-order chi connectivity index (χ0) is 68.5. The smallest absolute Gasteiger partial charge is 0.414 e. The lowest BCUT2D eigenvalue weighted by Crippen LogP contribution is -2.57. The average Bonchev–Trinajstić information content (AvgIpc) is 1.42. The number of fused-ring (bicyclic) bond motifs is 18. The van der Waals surface area contributed by atoms with Crippen LogP contribution in [0.3, 0.4) is 0 Å². The fraction of sp³-hybridized carbons (Fsp3) is 0.452. The summed E-state index contributed by atoms with van der Waals surface area (Å²) in [6.45, 7) is 7.44. The van der Waals surface area contributed by atoms with Crippen molar-refractivity contribution in [2.45, 2.75) is 183 Å². The summed E-state index contributed by atoms with van der Waals surface area (Å²) >= 11 is 0. The van der Waals surface area contributed by atoms with E-state index in [-0.39, 0.29) is 64.5 Å². The molecule has 9 atom stereocenters. The van der Waals surface area contributed by atoms with Gasteiger partial charge in [0, 0.05) is 74.4 Å². The standard InChI is InChI=1S/C34H38N2O4.C31H33NO3.C19H28N2O2/c1-34-18-10-4-5-11-23(19-22-16-17-24(20-30(22)34)40-33(38)36(2)3)31(34)35-32(37)39-21-29-27-14-8-6-12-25(27)26-13-7-9-15-28(26)29;1-31-16-8-2-3-9-21(17-20-14-15-22(33)18-28(20)31)29(31)32-30(34)35-19-27-25-12-6-4-10-23(25)24-11-5-7-13-26(24)27;1-19-10-6-4-5-7-14(17(19)20)11-13-8-9-15(12-16(13)19)23-18(22)21(2)3/h6-9,12-17,20,23,29,31H,4-5,10-11,18-19,21H2,1-3H3,(H,35,37);4-7,10-15,18,21,27,29,33H,2-3,8-9,16-17,19H2,1H3,(H,32,34);8-9,12,14,17H,4-7,10-11,20H2,1-3H3/t23-,31-,34+;21-,29-,31+;14-,17-,19+/m000/s1. The van der Waals surface area contributed by atoms with E-state index in [9.17, 15) is 24.3 Å². The number of phenols is 1. The van der Waals surface area contributed by atoms with E-state index < -0.39 is 6.09 Å². The minimum absolute atomic E-state index is 0.00671. The third kappa shape index (κ3) is 13.5. The van der Waals surface area contributed by atoms with Crippen molar-refractivity contribution in [2.24, 2.45) is 23.5 Å². The molecule has 3 fully saturated rings. The summed E-state index contributed by atoms with van der Waals surface area (Å²) in [5, 5.41) is 16.9. The van der Waals surface area contributed by atoms with Crippen LogP contribution in [0, 0.1) is 17.8 Å². The van der Waals surface area contributed by atoms with E-state index in [4.69, 9.17) is 24.7 Å².